The molecule has 1 heterocycles. The maximum Gasteiger partial charge on any atom is 0.308 e. The summed E-state index contributed by atoms with van der Waals surface area (Å²) >= 11 is 0. The van der Waals surface area contributed by atoms with Gasteiger partial charge in [-0.3, -0.25) is 4.79 Å². The Labute approximate surface area is 87.6 Å². The number of rotatable bonds is 5. The highest BCUT2D eigenvalue weighted by molar-refractivity contribution is 5.69. The lowest BCUT2D eigenvalue weighted by molar-refractivity contribution is -0.143. The van der Waals surface area contributed by atoms with Crippen molar-refractivity contribution in [2.75, 3.05) is 14.2 Å². The van der Waals surface area contributed by atoms with E-state index in [4.69, 9.17) is 9.15 Å². The minimum Gasteiger partial charge on any atom is -0.469 e. The van der Waals surface area contributed by atoms with Crippen molar-refractivity contribution in [2.45, 2.75) is 19.1 Å². The van der Waals surface area contributed by atoms with Crippen LogP contribution < -0.4 is 0 Å². The first-order valence-electron chi connectivity index (χ1n) is 4.49. The third-order valence-corrected chi connectivity index (χ3v) is 1.89. The summed E-state index contributed by atoms with van der Waals surface area (Å²) in [5.74, 6) is 0.469. The largest absolute Gasteiger partial charge is 0.469 e. The standard InChI is InChI=1S/C10H14O5/c1-13-6-7-3-4-9(15-7)8(11)5-10(12)14-2/h3-4,8,11H,5-6H2,1-2H3/t8-/m0/s1. The molecule has 0 saturated heterocycles. The van der Waals surface area contributed by atoms with Gasteiger partial charge in [-0.25, -0.2) is 0 Å². The molecule has 0 saturated carbocycles. The fraction of sp³-hybridized carbons (Fsp3) is 0.500. The topological polar surface area (TPSA) is 68.9 Å². The lowest BCUT2D eigenvalue weighted by atomic mass is 10.2. The Morgan fingerprint density at radius 2 is 2.27 bits per heavy atom. The number of carbonyl (C=O) groups is 1. The van der Waals surface area contributed by atoms with Crippen LogP contribution in [-0.4, -0.2) is 25.3 Å². The summed E-state index contributed by atoms with van der Waals surface area (Å²) in [5.41, 5.74) is 0. The molecule has 0 aromatic carbocycles. The van der Waals surface area contributed by atoms with E-state index in [-0.39, 0.29) is 6.42 Å². The van der Waals surface area contributed by atoms with Crippen LogP contribution in [0.3, 0.4) is 0 Å². The van der Waals surface area contributed by atoms with Crippen molar-refractivity contribution in [3.8, 4) is 0 Å². The number of hydrogen-bond donors (Lipinski definition) is 1. The number of furan rings is 1. The number of aliphatic hydroxyl groups is 1. The molecule has 1 aromatic rings. The molecule has 1 rings (SSSR count). The number of esters is 1. The molecule has 1 atom stereocenters. The lowest BCUT2D eigenvalue weighted by Gasteiger charge is -2.05. The minimum absolute atomic E-state index is 0.115. The average molecular weight is 214 g/mol. The number of methoxy groups -OCH3 is 2. The highest BCUT2D eigenvalue weighted by Gasteiger charge is 2.16. The van der Waals surface area contributed by atoms with E-state index in [9.17, 15) is 9.90 Å². The van der Waals surface area contributed by atoms with Crippen LogP contribution in [0.5, 0.6) is 0 Å². The van der Waals surface area contributed by atoms with Crippen molar-refractivity contribution >= 4 is 5.97 Å². The summed E-state index contributed by atoms with van der Waals surface area (Å²) in [4.78, 5) is 10.9. The maximum atomic E-state index is 10.9. The Bertz CT molecular complexity index is 317. The fourth-order valence-corrected chi connectivity index (χ4v) is 1.14. The zero-order valence-electron chi connectivity index (χ0n) is 8.73. The van der Waals surface area contributed by atoms with Crippen LogP contribution in [-0.2, 0) is 20.9 Å². The minimum atomic E-state index is -0.969. The van der Waals surface area contributed by atoms with Crippen molar-refractivity contribution in [2.24, 2.45) is 0 Å². The number of hydrogen-bond acceptors (Lipinski definition) is 5. The van der Waals surface area contributed by atoms with E-state index in [1.165, 1.54) is 7.11 Å². The van der Waals surface area contributed by atoms with Crippen molar-refractivity contribution in [3.63, 3.8) is 0 Å². The smallest absolute Gasteiger partial charge is 0.308 e. The van der Waals surface area contributed by atoms with Gasteiger partial charge in [0.1, 0.15) is 24.2 Å². The second kappa shape index (κ2) is 5.53. The Kier molecular flexibility index (Phi) is 4.33. The van der Waals surface area contributed by atoms with Gasteiger partial charge in [-0.05, 0) is 12.1 Å². The van der Waals surface area contributed by atoms with E-state index in [0.717, 1.165) is 0 Å². The Hall–Kier alpha value is -1.33. The van der Waals surface area contributed by atoms with Crippen LogP contribution in [0.4, 0.5) is 0 Å². The van der Waals surface area contributed by atoms with Gasteiger partial charge in [0, 0.05) is 7.11 Å². The summed E-state index contributed by atoms with van der Waals surface area (Å²) < 4.78 is 14.5. The second-order valence-corrected chi connectivity index (χ2v) is 3.03. The van der Waals surface area contributed by atoms with Crippen LogP contribution in [0.15, 0.2) is 16.5 Å². The molecule has 0 aliphatic carbocycles. The van der Waals surface area contributed by atoms with Crippen LogP contribution in [0.1, 0.15) is 24.0 Å². The maximum absolute atomic E-state index is 10.9. The molecule has 0 bridgehead atoms. The van der Waals surface area contributed by atoms with Crippen molar-refractivity contribution < 1.29 is 23.8 Å². The molecule has 0 aliphatic heterocycles. The quantitative estimate of drug-likeness (QED) is 0.741. The SMILES string of the molecule is COCc1ccc([C@@H](O)CC(=O)OC)o1. The van der Waals surface area contributed by atoms with Gasteiger partial charge < -0.3 is 19.0 Å². The number of aliphatic hydroxyl groups excluding tert-OH is 1. The van der Waals surface area contributed by atoms with Crippen LogP contribution in [0.2, 0.25) is 0 Å². The van der Waals surface area contributed by atoms with Crippen molar-refractivity contribution in [3.05, 3.63) is 23.7 Å². The van der Waals surface area contributed by atoms with Gasteiger partial charge in [0.25, 0.3) is 0 Å². The summed E-state index contributed by atoms with van der Waals surface area (Å²) in [5, 5.41) is 9.57. The molecule has 1 N–H and O–H groups in total. The molecule has 15 heavy (non-hydrogen) atoms. The first-order chi connectivity index (χ1) is 7.17. The van der Waals surface area contributed by atoms with Crippen LogP contribution in [0.25, 0.3) is 0 Å². The normalized spacial score (nSPS) is 12.5. The molecular formula is C10H14O5. The first kappa shape index (κ1) is 11.7. The summed E-state index contributed by atoms with van der Waals surface area (Å²) in [6.45, 7) is 0.338. The highest BCUT2D eigenvalue weighted by atomic mass is 16.5. The van der Waals surface area contributed by atoms with Gasteiger partial charge in [0.2, 0.25) is 0 Å². The first-order valence-corrected chi connectivity index (χ1v) is 4.49. The Morgan fingerprint density at radius 1 is 1.53 bits per heavy atom. The van der Waals surface area contributed by atoms with E-state index in [1.807, 2.05) is 0 Å². The van der Waals surface area contributed by atoms with Gasteiger partial charge in [-0.15, -0.1) is 0 Å². The second-order valence-electron chi connectivity index (χ2n) is 3.03. The molecule has 0 aliphatic rings. The molecule has 1 aromatic heterocycles. The lowest BCUT2D eigenvalue weighted by Crippen LogP contribution is -2.07. The van der Waals surface area contributed by atoms with E-state index in [1.54, 1.807) is 19.2 Å². The van der Waals surface area contributed by atoms with E-state index < -0.39 is 12.1 Å². The molecule has 0 fully saturated rings. The zero-order valence-corrected chi connectivity index (χ0v) is 8.73. The molecule has 84 valence electrons. The van der Waals surface area contributed by atoms with Gasteiger partial charge in [-0.1, -0.05) is 0 Å². The van der Waals surface area contributed by atoms with Crippen molar-refractivity contribution in [1.82, 2.24) is 0 Å². The van der Waals surface area contributed by atoms with Gasteiger partial charge >= 0.3 is 5.97 Å². The molecular weight excluding hydrogens is 200 g/mol. The predicted octanol–water partition coefficient (Wildman–Crippen LogP) is 1.02. The summed E-state index contributed by atoms with van der Waals surface area (Å²) in [7, 11) is 2.82. The Morgan fingerprint density at radius 3 is 2.87 bits per heavy atom. The van der Waals surface area contributed by atoms with Crippen LogP contribution >= 0.6 is 0 Å². The highest BCUT2D eigenvalue weighted by Crippen LogP contribution is 2.20. The fourth-order valence-electron chi connectivity index (χ4n) is 1.14. The van der Waals surface area contributed by atoms with Crippen LogP contribution in [0, 0.1) is 0 Å². The van der Waals surface area contributed by atoms with Gasteiger partial charge in [-0.2, -0.15) is 0 Å². The van der Waals surface area contributed by atoms with Gasteiger partial charge in [0.05, 0.1) is 13.5 Å². The zero-order chi connectivity index (χ0) is 11.3. The van der Waals surface area contributed by atoms with Gasteiger partial charge in [0.15, 0.2) is 0 Å². The molecule has 0 radical (unpaired) electrons. The van der Waals surface area contributed by atoms with E-state index in [2.05, 4.69) is 4.74 Å². The van der Waals surface area contributed by atoms with Crippen molar-refractivity contribution in [1.29, 1.82) is 0 Å². The number of carbonyl (C=O) groups excluding carboxylic acids is 1. The third kappa shape index (κ3) is 3.38. The molecule has 0 amide bonds. The predicted molar refractivity (Wildman–Crippen MR) is 51.0 cm³/mol. The molecule has 5 nitrogen and oxygen atoms in total. The summed E-state index contributed by atoms with van der Waals surface area (Å²) in [6, 6.07) is 3.31. The third-order valence-electron chi connectivity index (χ3n) is 1.89. The molecule has 0 unspecified atom stereocenters. The Balaban J connectivity index is 2.57. The average Bonchev–Trinajstić information content (AvgIpc) is 2.67. The number of ether oxygens (including phenoxy) is 2. The molecule has 5 heteroatoms. The van der Waals surface area contributed by atoms with E-state index >= 15 is 0 Å². The van der Waals surface area contributed by atoms with E-state index in [0.29, 0.717) is 18.1 Å². The monoisotopic (exact) mass is 214 g/mol. The summed E-state index contributed by atoms with van der Waals surface area (Å²) in [6.07, 6.45) is -1.08. The molecule has 0 spiro atoms.